The van der Waals surface area contributed by atoms with E-state index in [0.29, 0.717) is 0 Å². The molecule has 0 fully saturated rings. The Labute approximate surface area is 210 Å². The summed E-state index contributed by atoms with van der Waals surface area (Å²) in [7, 11) is -9.59. The SMILES string of the molecule is O=S(=O)(O)c1c(/C=C/c2ccccc2)cccc1-c1cccc(/C=C/c2ccccc2)c1S(=O)(=O)O. The van der Waals surface area contributed by atoms with Crippen LogP contribution in [0.5, 0.6) is 0 Å². The summed E-state index contributed by atoms with van der Waals surface area (Å²) in [6.45, 7) is 0. The fraction of sp³-hybridized carbons (Fsp3) is 0. The van der Waals surface area contributed by atoms with Gasteiger partial charge in [-0.05, 0) is 22.3 Å². The van der Waals surface area contributed by atoms with Crippen molar-refractivity contribution in [1.29, 1.82) is 0 Å². The van der Waals surface area contributed by atoms with Gasteiger partial charge in [0, 0.05) is 11.1 Å². The van der Waals surface area contributed by atoms with Crippen LogP contribution in [0.3, 0.4) is 0 Å². The Morgan fingerprint density at radius 1 is 0.444 bits per heavy atom. The fourth-order valence-electron chi connectivity index (χ4n) is 3.87. The van der Waals surface area contributed by atoms with E-state index >= 15 is 0 Å². The predicted molar refractivity (Wildman–Crippen MR) is 142 cm³/mol. The first-order chi connectivity index (χ1) is 17.1. The second-order valence-electron chi connectivity index (χ2n) is 7.89. The molecule has 2 N–H and O–H groups in total. The van der Waals surface area contributed by atoms with E-state index in [4.69, 9.17) is 0 Å². The molecule has 0 bridgehead atoms. The summed E-state index contributed by atoms with van der Waals surface area (Å²) in [4.78, 5) is -0.933. The quantitative estimate of drug-likeness (QED) is 0.223. The van der Waals surface area contributed by atoms with E-state index in [2.05, 4.69) is 0 Å². The Morgan fingerprint density at radius 2 is 0.806 bits per heavy atom. The molecule has 0 aliphatic carbocycles. The zero-order chi connectivity index (χ0) is 25.8. The first-order valence-electron chi connectivity index (χ1n) is 10.8. The molecule has 0 atom stereocenters. The standard InChI is InChI=1S/C28H22O6S2/c29-35(30,31)27-23(19-17-21-9-3-1-4-10-21)13-7-15-25(27)26-16-8-14-24(28(26)36(32,33)34)20-18-22-11-5-2-6-12-22/h1-20H,(H,29,30,31)(H,32,33,34)/b19-17+,20-18+. The molecule has 0 radical (unpaired) electrons. The first-order valence-corrected chi connectivity index (χ1v) is 13.7. The Bertz CT molecular complexity index is 1530. The molecule has 0 amide bonds. The maximum Gasteiger partial charge on any atom is 0.295 e. The molecule has 4 rings (SSSR count). The highest BCUT2D eigenvalue weighted by Crippen LogP contribution is 2.37. The van der Waals surface area contributed by atoms with Gasteiger partial charge in [0.15, 0.2) is 0 Å². The molecule has 6 nitrogen and oxygen atoms in total. The third kappa shape index (κ3) is 5.87. The summed E-state index contributed by atoms with van der Waals surface area (Å²) in [5.41, 5.74) is 1.80. The van der Waals surface area contributed by atoms with E-state index in [1.807, 2.05) is 60.7 Å². The van der Waals surface area contributed by atoms with Crippen LogP contribution in [0.25, 0.3) is 35.4 Å². The lowest BCUT2D eigenvalue weighted by Crippen LogP contribution is -2.08. The van der Waals surface area contributed by atoms with Crippen LogP contribution in [-0.2, 0) is 20.2 Å². The average molecular weight is 519 g/mol. The molecule has 0 saturated carbocycles. The molecule has 0 heterocycles. The maximum atomic E-state index is 12.5. The van der Waals surface area contributed by atoms with Crippen molar-refractivity contribution < 1.29 is 25.9 Å². The smallest absolute Gasteiger partial charge is 0.282 e. The first kappa shape index (κ1) is 25.3. The predicted octanol–water partition coefficient (Wildman–Crippen LogP) is 6.19. The van der Waals surface area contributed by atoms with Gasteiger partial charge in [-0.25, -0.2) is 0 Å². The summed E-state index contributed by atoms with van der Waals surface area (Å²) in [6.07, 6.45) is 6.40. The number of benzene rings is 4. The number of rotatable bonds is 7. The minimum absolute atomic E-state index is 0.0599. The zero-order valence-electron chi connectivity index (χ0n) is 18.9. The lowest BCUT2D eigenvalue weighted by molar-refractivity contribution is 0.480. The van der Waals surface area contributed by atoms with Crippen LogP contribution in [-0.4, -0.2) is 25.9 Å². The molecule has 0 saturated heterocycles. The van der Waals surface area contributed by atoms with Crippen molar-refractivity contribution in [2.24, 2.45) is 0 Å². The molecule has 0 aromatic heterocycles. The van der Waals surface area contributed by atoms with Crippen molar-refractivity contribution in [3.05, 3.63) is 119 Å². The van der Waals surface area contributed by atoms with Crippen LogP contribution in [0.1, 0.15) is 22.3 Å². The summed E-state index contributed by atoms with van der Waals surface area (Å²) in [6, 6.07) is 27.2. The Balaban J connectivity index is 1.94. The molecule has 0 spiro atoms. The molecular formula is C28H22O6S2. The van der Waals surface area contributed by atoms with Gasteiger partial charge in [-0.2, -0.15) is 16.8 Å². The second kappa shape index (κ2) is 10.4. The highest BCUT2D eigenvalue weighted by Gasteiger charge is 2.26. The summed E-state index contributed by atoms with van der Waals surface area (Å²) in [5, 5.41) is 0. The van der Waals surface area contributed by atoms with Gasteiger partial charge in [-0.1, -0.05) is 121 Å². The fourth-order valence-corrected chi connectivity index (χ4v) is 5.65. The average Bonchev–Trinajstić information content (AvgIpc) is 2.86. The van der Waals surface area contributed by atoms with Crippen LogP contribution in [0.2, 0.25) is 0 Å². The molecule has 182 valence electrons. The maximum absolute atomic E-state index is 12.5. The minimum Gasteiger partial charge on any atom is -0.282 e. The van der Waals surface area contributed by atoms with Crippen molar-refractivity contribution in [1.82, 2.24) is 0 Å². The van der Waals surface area contributed by atoms with Crippen LogP contribution >= 0.6 is 0 Å². The lowest BCUT2D eigenvalue weighted by Gasteiger charge is -2.15. The van der Waals surface area contributed by atoms with Gasteiger partial charge in [0.05, 0.1) is 0 Å². The minimum atomic E-state index is -4.79. The van der Waals surface area contributed by atoms with E-state index < -0.39 is 30.0 Å². The van der Waals surface area contributed by atoms with Crippen molar-refractivity contribution in [3.8, 4) is 11.1 Å². The molecule has 0 aliphatic rings. The summed E-state index contributed by atoms with van der Waals surface area (Å²) in [5.74, 6) is 0. The van der Waals surface area contributed by atoms with Crippen molar-refractivity contribution >= 4 is 44.5 Å². The number of hydrogen-bond acceptors (Lipinski definition) is 4. The Hall–Kier alpha value is -3.82. The number of hydrogen-bond donors (Lipinski definition) is 2. The van der Waals surface area contributed by atoms with Crippen LogP contribution in [0.4, 0.5) is 0 Å². The molecule has 0 unspecified atom stereocenters. The van der Waals surface area contributed by atoms with Crippen LogP contribution in [0, 0.1) is 0 Å². The van der Waals surface area contributed by atoms with Gasteiger partial charge >= 0.3 is 0 Å². The third-order valence-electron chi connectivity index (χ3n) is 5.41. The third-order valence-corrected chi connectivity index (χ3v) is 7.35. The second-order valence-corrected chi connectivity index (χ2v) is 10.6. The summed E-state index contributed by atoms with van der Waals surface area (Å²) >= 11 is 0. The van der Waals surface area contributed by atoms with Crippen LogP contribution in [0.15, 0.2) is 107 Å². The molecule has 0 aliphatic heterocycles. The zero-order valence-corrected chi connectivity index (χ0v) is 20.5. The normalized spacial score (nSPS) is 12.4. The van der Waals surface area contributed by atoms with E-state index in [1.165, 1.54) is 36.4 Å². The van der Waals surface area contributed by atoms with Gasteiger partial charge in [-0.3, -0.25) is 9.11 Å². The van der Waals surface area contributed by atoms with E-state index in [0.717, 1.165) is 11.1 Å². The van der Waals surface area contributed by atoms with Gasteiger partial charge in [0.25, 0.3) is 20.2 Å². The van der Waals surface area contributed by atoms with Gasteiger partial charge in [0.1, 0.15) is 9.79 Å². The molecule has 4 aromatic rings. The van der Waals surface area contributed by atoms with E-state index in [1.54, 1.807) is 24.3 Å². The largest absolute Gasteiger partial charge is 0.295 e. The van der Waals surface area contributed by atoms with Gasteiger partial charge in [0.2, 0.25) is 0 Å². The monoisotopic (exact) mass is 518 g/mol. The van der Waals surface area contributed by atoms with Crippen LogP contribution < -0.4 is 0 Å². The molecule has 36 heavy (non-hydrogen) atoms. The van der Waals surface area contributed by atoms with E-state index in [9.17, 15) is 25.9 Å². The van der Waals surface area contributed by atoms with E-state index in [-0.39, 0.29) is 22.3 Å². The molecular weight excluding hydrogens is 496 g/mol. The highest BCUT2D eigenvalue weighted by atomic mass is 32.2. The summed E-state index contributed by atoms with van der Waals surface area (Å²) < 4.78 is 70.3. The van der Waals surface area contributed by atoms with Gasteiger partial charge < -0.3 is 0 Å². The lowest BCUT2D eigenvalue weighted by atomic mass is 9.99. The Kier molecular flexibility index (Phi) is 7.32. The molecule has 8 heteroatoms. The van der Waals surface area contributed by atoms with Crippen molar-refractivity contribution in [2.75, 3.05) is 0 Å². The van der Waals surface area contributed by atoms with Crippen molar-refractivity contribution in [2.45, 2.75) is 9.79 Å². The highest BCUT2D eigenvalue weighted by molar-refractivity contribution is 7.86. The van der Waals surface area contributed by atoms with Gasteiger partial charge in [-0.15, -0.1) is 0 Å². The van der Waals surface area contributed by atoms with Crippen molar-refractivity contribution in [3.63, 3.8) is 0 Å². The molecule has 4 aromatic carbocycles. The topological polar surface area (TPSA) is 109 Å². The Morgan fingerprint density at radius 3 is 1.14 bits per heavy atom.